The van der Waals surface area contributed by atoms with E-state index in [9.17, 15) is 0 Å². The van der Waals surface area contributed by atoms with E-state index in [1.165, 1.54) is 5.19 Å². The highest BCUT2D eigenvalue weighted by Gasteiger charge is 2.16. The molecule has 1 aromatic carbocycles. The van der Waals surface area contributed by atoms with E-state index in [0.29, 0.717) is 5.25 Å². The van der Waals surface area contributed by atoms with E-state index >= 15 is 0 Å². The van der Waals surface area contributed by atoms with E-state index in [-0.39, 0.29) is 0 Å². The zero-order valence-electron chi connectivity index (χ0n) is 11.5. The van der Waals surface area contributed by atoms with Crippen LogP contribution in [-0.2, 0) is 0 Å². The van der Waals surface area contributed by atoms with Gasteiger partial charge in [-0.3, -0.25) is 0 Å². The summed E-state index contributed by atoms with van der Waals surface area (Å²) < 4.78 is 5.80. The molecule has 0 aliphatic heterocycles. The van der Waals surface area contributed by atoms with Gasteiger partial charge in [0.2, 0.25) is 0 Å². The van der Waals surface area contributed by atoms with Gasteiger partial charge in [0.15, 0.2) is 0 Å². The average Bonchev–Trinajstić information content (AvgIpc) is 2.28. The van der Waals surface area contributed by atoms with Gasteiger partial charge in [0, 0.05) is 5.25 Å². The van der Waals surface area contributed by atoms with Gasteiger partial charge in [-0.2, -0.15) is 11.8 Å². The molecule has 0 N–H and O–H groups in total. The molecule has 1 unspecified atom stereocenters. The van der Waals surface area contributed by atoms with Crippen molar-refractivity contribution in [3.05, 3.63) is 24.3 Å². The third kappa shape index (κ3) is 5.17. The Labute approximate surface area is 111 Å². The van der Waals surface area contributed by atoms with Crippen molar-refractivity contribution >= 4 is 25.0 Å². The summed E-state index contributed by atoms with van der Waals surface area (Å²) in [5, 5.41) is 2.01. The first kappa shape index (κ1) is 14.6. The standard InChI is InChI=1S/C14H23OSSi/c1-12(16-2)9-10-15-13-7-6-8-14(11-13)17(3,4)5/h6-7,11-12H,9-10H2,1-5H3. The molecule has 17 heavy (non-hydrogen) atoms. The molecule has 0 aliphatic carbocycles. The summed E-state index contributed by atoms with van der Waals surface area (Å²) in [6, 6.07) is 9.49. The van der Waals surface area contributed by atoms with Crippen LogP contribution in [0.4, 0.5) is 0 Å². The topological polar surface area (TPSA) is 9.23 Å². The fourth-order valence-corrected chi connectivity index (χ4v) is 2.85. The van der Waals surface area contributed by atoms with E-state index in [1.54, 1.807) is 0 Å². The maximum absolute atomic E-state index is 5.80. The molecule has 0 amide bonds. The third-order valence-corrected chi connectivity index (χ3v) is 5.72. The zero-order valence-corrected chi connectivity index (χ0v) is 13.4. The normalized spacial score (nSPS) is 13.5. The predicted molar refractivity (Wildman–Crippen MR) is 81.3 cm³/mol. The van der Waals surface area contributed by atoms with Crippen LogP contribution in [0.2, 0.25) is 19.6 Å². The number of hydrogen-bond acceptors (Lipinski definition) is 2. The Kier molecular flexibility index (Phi) is 5.60. The van der Waals surface area contributed by atoms with Crippen LogP contribution in [0.1, 0.15) is 13.3 Å². The van der Waals surface area contributed by atoms with Gasteiger partial charge in [0.05, 0.1) is 14.7 Å². The van der Waals surface area contributed by atoms with Crippen LogP contribution in [0.25, 0.3) is 0 Å². The van der Waals surface area contributed by atoms with Gasteiger partial charge in [-0.05, 0) is 36.1 Å². The maximum atomic E-state index is 5.80. The highest BCUT2D eigenvalue weighted by molar-refractivity contribution is 7.99. The molecule has 3 heteroatoms. The summed E-state index contributed by atoms with van der Waals surface area (Å²) >= 11 is 1.89. The second-order valence-corrected chi connectivity index (χ2v) is 11.7. The largest absolute Gasteiger partial charge is 0.494 e. The molecular weight excluding hydrogens is 244 g/mol. The fraction of sp³-hybridized carbons (Fsp3) is 0.571. The number of benzene rings is 1. The second-order valence-electron chi connectivity index (χ2n) is 5.37. The Balaban J connectivity index is 2.55. The molecule has 1 nitrogen and oxygen atoms in total. The zero-order chi connectivity index (χ0) is 12.9. The Morgan fingerprint density at radius 2 is 2.12 bits per heavy atom. The van der Waals surface area contributed by atoms with Crippen LogP contribution in [0.5, 0.6) is 5.75 Å². The summed E-state index contributed by atoms with van der Waals surface area (Å²) in [4.78, 5) is 0. The third-order valence-electron chi connectivity index (χ3n) is 2.78. The Bertz CT molecular complexity index is 346. The highest BCUT2D eigenvalue weighted by Crippen LogP contribution is 2.14. The van der Waals surface area contributed by atoms with Crippen molar-refractivity contribution in [3.63, 3.8) is 0 Å². The van der Waals surface area contributed by atoms with Crippen LogP contribution in [0.15, 0.2) is 18.2 Å². The quantitative estimate of drug-likeness (QED) is 0.729. The first-order valence-corrected chi connectivity index (χ1v) is 10.9. The van der Waals surface area contributed by atoms with Gasteiger partial charge in [-0.15, -0.1) is 0 Å². The minimum absolute atomic E-state index is 0.668. The number of thioether (sulfide) groups is 1. The molecule has 0 bridgehead atoms. The molecule has 0 heterocycles. The summed E-state index contributed by atoms with van der Waals surface area (Å²) in [6.45, 7) is 10.0. The lowest BCUT2D eigenvalue weighted by molar-refractivity contribution is 0.311. The number of hydrogen-bond donors (Lipinski definition) is 0. The number of rotatable bonds is 6. The molecule has 0 saturated carbocycles. The summed E-state index contributed by atoms with van der Waals surface area (Å²) in [5.41, 5.74) is 0. The summed E-state index contributed by atoms with van der Waals surface area (Å²) in [7, 11) is -1.27. The monoisotopic (exact) mass is 267 g/mol. The fourth-order valence-electron chi connectivity index (χ4n) is 1.43. The molecule has 1 radical (unpaired) electrons. The van der Waals surface area contributed by atoms with Gasteiger partial charge in [-0.1, -0.05) is 32.6 Å². The molecule has 1 rings (SSSR count). The molecule has 0 saturated heterocycles. The van der Waals surface area contributed by atoms with E-state index in [4.69, 9.17) is 4.74 Å². The molecule has 0 aromatic heterocycles. The maximum Gasteiger partial charge on any atom is 0.119 e. The first-order valence-electron chi connectivity index (χ1n) is 6.11. The minimum atomic E-state index is -1.27. The molecule has 0 aliphatic rings. The predicted octanol–water partition coefficient (Wildman–Crippen LogP) is 3.55. The van der Waals surface area contributed by atoms with Crippen molar-refractivity contribution in [2.24, 2.45) is 0 Å². The van der Waals surface area contributed by atoms with Crippen molar-refractivity contribution in [1.82, 2.24) is 0 Å². The van der Waals surface area contributed by atoms with Crippen molar-refractivity contribution in [2.75, 3.05) is 12.9 Å². The van der Waals surface area contributed by atoms with Crippen molar-refractivity contribution in [3.8, 4) is 5.75 Å². The Morgan fingerprint density at radius 1 is 1.41 bits per heavy atom. The van der Waals surface area contributed by atoms with Gasteiger partial charge in [-0.25, -0.2) is 0 Å². The average molecular weight is 267 g/mol. The Hall–Kier alpha value is -0.413. The highest BCUT2D eigenvalue weighted by atomic mass is 32.2. The SMILES string of the molecule is CSC(C)CCOc1cc[c]c([Si](C)(C)C)c1. The van der Waals surface area contributed by atoms with Crippen LogP contribution in [0, 0.1) is 6.07 Å². The van der Waals surface area contributed by atoms with E-state index in [2.05, 4.69) is 45.0 Å². The van der Waals surface area contributed by atoms with Gasteiger partial charge < -0.3 is 4.74 Å². The first-order chi connectivity index (χ1) is 7.93. The molecule has 0 fully saturated rings. The van der Waals surface area contributed by atoms with Gasteiger partial charge >= 0.3 is 0 Å². The van der Waals surface area contributed by atoms with Crippen LogP contribution < -0.4 is 9.92 Å². The number of ether oxygens (including phenoxy) is 1. The van der Waals surface area contributed by atoms with Crippen molar-refractivity contribution < 1.29 is 4.74 Å². The van der Waals surface area contributed by atoms with Gasteiger partial charge in [0.1, 0.15) is 5.75 Å². The summed E-state index contributed by atoms with van der Waals surface area (Å²) in [6.07, 6.45) is 3.24. The Morgan fingerprint density at radius 3 is 2.71 bits per heavy atom. The van der Waals surface area contributed by atoms with Crippen molar-refractivity contribution in [2.45, 2.75) is 38.2 Å². The van der Waals surface area contributed by atoms with Crippen LogP contribution in [-0.4, -0.2) is 26.2 Å². The lowest BCUT2D eigenvalue weighted by Crippen LogP contribution is -2.37. The molecule has 1 atom stereocenters. The van der Waals surface area contributed by atoms with E-state index < -0.39 is 8.07 Å². The van der Waals surface area contributed by atoms with Crippen LogP contribution in [0.3, 0.4) is 0 Å². The van der Waals surface area contributed by atoms with E-state index in [1.807, 2.05) is 23.9 Å². The lowest BCUT2D eigenvalue weighted by Gasteiger charge is -2.17. The van der Waals surface area contributed by atoms with E-state index in [0.717, 1.165) is 18.8 Å². The molecule has 95 valence electrons. The second kappa shape index (κ2) is 6.50. The smallest absolute Gasteiger partial charge is 0.119 e. The van der Waals surface area contributed by atoms with Crippen molar-refractivity contribution in [1.29, 1.82) is 0 Å². The lowest BCUT2D eigenvalue weighted by atomic mass is 10.3. The van der Waals surface area contributed by atoms with Crippen LogP contribution >= 0.6 is 11.8 Å². The van der Waals surface area contributed by atoms with Gasteiger partial charge in [0.25, 0.3) is 0 Å². The minimum Gasteiger partial charge on any atom is -0.494 e. The molecular formula is C14H23OSSi. The summed E-state index contributed by atoms with van der Waals surface area (Å²) in [5.74, 6) is 0.995. The molecule has 0 spiro atoms. The molecule has 1 aromatic rings.